The number of nitrogens with zero attached hydrogens (tertiary/aromatic N) is 1. The number of hydrogen-bond donors (Lipinski definition) is 2. The third kappa shape index (κ3) is 3.94. The summed E-state index contributed by atoms with van der Waals surface area (Å²) < 4.78 is 11.3. The Morgan fingerprint density at radius 2 is 2.00 bits per heavy atom. The lowest BCUT2D eigenvalue weighted by atomic mass is 10.2. The summed E-state index contributed by atoms with van der Waals surface area (Å²) in [5, 5.41) is 3.67. The molecule has 0 spiro atoms. The van der Waals surface area contributed by atoms with E-state index in [-0.39, 0.29) is 5.91 Å². The van der Waals surface area contributed by atoms with Crippen LogP contribution in [0.25, 0.3) is 11.0 Å². The monoisotopic (exact) mass is 369 g/mol. The van der Waals surface area contributed by atoms with E-state index in [1.807, 2.05) is 42.5 Å². The van der Waals surface area contributed by atoms with E-state index < -0.39 is 0 Å². The van der Waals surface area contributed by atoms with Gasteiger partial charge in [-0.1, -0.05) is 30.0 Å². The summed E-state index contributed by atoms with van der Waals surface area (Å²) in [6.07, 6.45) is 0.875. The zero-order chi connectivity index (χ0) is 17.8. The number of benzene rings is 2. The van der Waals surface area contributed by atoms with Gasteiger partial charge in [-0.25, -0.2) is 4.98 Å². The minimum atomic E-state index is -0.0393. The molecule has 1 aromatic heterocycles. The number of thioether (sulfide) groups is 1. The molecule has 0 unspecified atom stereocenters. The molecule has 1 aliphatic heterocycles. The first-order valence-electron chi connectivity index (χ1n) is 8.51. The maximum Gasteiger partial charge on any atom is 0.230 e. The van der Waals surface area contributed by atoms with Crippen molar-refractivity contribution in [2.75, 3.05) is 19.0 Å². The van der Waals surface area contributed by atoms with Crippen LogP contribution in [0.2, 0.25) is 0 Å². The van der Waals surface area contributed by atoms with Crippen molar-refractivity contribution < 1.29 is 14.3 Å². The van der Waals surface area contributed by atoms with Crippen LogP contribution in [0.3, 0.4) is 0 Å². The van der Waals surface area contributed by atoms with Crippen molar-refractivity contribution in [2.24, 2.45) is 0 Å². The molecular formula is C19H19N3O3S. The SMILES string of the molecule is O=C(CSc1nc2ccccc2[nH]1)NCc1ccc2c(c1)OCCCO2. The highest BCUT2D eigenvalue weighted by molar-refractivity contribution is 7.99. The fraction of sp³-hybridized carbons (Fsp3) is 0.263. The van der Waals surface area contributed by atoms with E-state index in [9.17, 15) is 4.79 Å². The number of carbonyl (C=O) groups excluding carboxylic acids is 1. The first-order valence-corrected chi connectivity index (χ1v) is 9.49. The molecular weight excluding hydrogens is 350 g/mol. The van der Waals surface area contributed by atoms with E-state index >= 15 is 0 Å². The number of amides is 1. The van der Waals surface area contributed by atoms with Crippen LogP contribution >= 0.6 is 11.8 Å². The van der Waals surface area contributed by atoms with Crippen molar-refractivity contribution in [1.29, 1.82) is 0 Å². The molecule has 1 aliphatic rings. The molecule has 2 N–H and O–H groups in total. The predicted molar refractivity (Wildman–Crippen MR) is 101 cm³/mol. The van der Waals surface area contributed by atoms with Crippen molar-refractivity contribution in [1.82, 2.24) is 15.3 Å². The second-order valence-corrected chi connectivity index (χ2v) is 6.92. The number of aromatic nitrogens is 2. The van der Waals surface area contributed by atoms with E-state index in [1.165, 1.54) is 11.8 Å². The Labute approximate surface area is 155 Å². The Bertz CT molecular complexity index is 892. The molecule has 0 saturated carbocycles. The van der Waals surface area contributed by atoms with Crippen LogP contribution in [0.5, 0.6) is 11.5 Å². The number of imidazole rings is 1. The maximum atomic E-state index is 12.1. The Morgan fingerprint density at radius 1 is 1.15 bits per heavy atom. The molecule has 6 nitrogen and oxygen atoms in total. The van der Waals surface area contributed by atoms with Gasteiger partial charge in [0.05, 0.1) is 30.0 Å². The van der Waals surface area contributed by atoms with Gasteiger partial charge in [0, 0.05) is 13.0 Å². The second kappa shape index (κ2) is 7.70. The van der Waals surface area contributed by atoms with Crippen LogP contribution in [0.1, 0.15) is 12.0 Å². The third-order valence-corrected chi connectivity index (χ3v) is 4.88. The maximum absolute atomic E-state index is 12.1. The summed E-state index contributed by atoms with van der Waals surface area (Å²) in [6.45, 7) is 1.77. The van der Waals surface area contributed by atoms with Crippen molar-refractivity contribution >= 4 is 28.7 Å². The van der Waals surface area contributed by atoms with Crippen LogP contribution in [0, 0.1) is 0 Å². The number of H-pyrrole nitrogens is 1. The van der Waals surface area contributed by atoms with Gasteiger partial charge in [0.2, 0.25) is 5.91 Å². The fourth-order valence-electron chi connectivity index (χ4n) is 2.70. The van der Waals surface area contributed by atoms with Crippen molar-refractivity contribution in [3.63, 3.8) is 0 Å². The number of para-hydroxylation sites is 2. The van der Waals surface area contributed by atoms with E-state index in [0.717, 1.165) is 39.7 Å². The highest BCUT2D eigenvalue weighted by atomic mass is 32.2. The molecule has 26 heavy (non-hydrogen) atoms. The second-order valence-electron chi connectivity index (χ2n) is 5.96. The summed E-state index contributed by atoms with van der Waals surface area (Å²) in [7, 11) is 0. The van der Waals surface area contributed by atoms with Gasteiger partial charge in [-0.3, -0.25) is 4.79 Å². The average molecular weight is 369 g/mol. The Morgan fingerprint density at radius 3 is 2.88 bits per heavy atom. The summed E-state index contributed by atoms with van der Waals surface area (Å²) in [5.74, 6) is 1.77. The van der Waals surface area contributed by atoms with Gasteiger partial charge in [0.1, 0.15) is 0 Å². The van der Waals surface area contributed by atoms with E-state index in [4.69, 9.17) is 9.47 Å². The molecule has 4 rings (SSSR count). The van der Waals surface area contributed by atoms with Crippen LogP contribution in [-0.4, -0.2) is 34.8 Å². The Balaban J connectivity index is 1.30. The van der Waals surface area contributed by atoms with Gasteiger partial charge >= 0.3 is 0 Å². The van der Waals surface area contributed by atoms with Crippen molar-refractivity contribution in [3.8, 4) is 11.5 Å². The first-order chi connectivity index (χ1) is 12.8. The molecule has 0 saturated heterocycles. The third-order valence-electron chi connectivity index (χ3n) is 4.01. The number of nitrogens with one attached hydrogen (secondary N) is 2. The number of ether oxygens (including phenoxy) is 2. The summed E-state index contributed by atoms with van der Waals surface area (Å²) in [5.41, 5.74) is 2.86. The van der Waals surface area contributed by atoms with Crippen LogP contribution < -0.4 is 14.8 Å². The fourth-order valence-corrected chi connectivity index (χ4v) is 3.42. The molecule has 2 heterocycles. The summed E-state index contributed by atoms with van der Waals surface area (Å²) in [6, 6.07) is 13.6. The van der Waals surface area contributed by atoms with Crippen LogP contribution in [-0.2, 0) is 11.3 Å². The molecule has 0 atom stereocenters. The highest BCUT2D eigenvalue weighted by Gasteiger charge is 2.11. The van der Waals surface area contributed by atoms with Gasteiger partial charge in [-0.2, -0.15) is 0 Å². The topological polar surface area (TPSA) is 76.2 Å². The lowest BCUT2D eigenvalue weighted by molar-refractivity contribution is -0.118. The largest absolute Gasteiger partial charge is 0.490 e. The molecule has 0 radical (unpaired) electrons. The summed E-state index contributed by atoms with van der Waals surface area (Å²) in [4.78, 5) is 19.8. The number of hydrogen-bond acceptors (Lipinski definition) is 5. The minimum absolute atomic E-state index is 0.0393. The number of carbonyl (C=O) groups is 1. The molecule has 1 amide bonds. The minimum Gasteiger partial charge on any atom is -0.490 e. The molecule has 2 aromatic carbocycles. The highest BCUT2D eigenvalue weighted by Crippen LogP contribution is 2.30. The molecule has 0 aliphatic carbocycles. The molecule has 3 aromatic rings. The van der Waals surface area contributed by atoms with Crippen LogP contribution in [0.4, 0.5) is 0 Å². The lowest BCUT2D eigenvalue weighted by Gasteiger charge is -2.10. The van der Waals surface area contributed by atoms with Gasteiger partial charge in [-0.05, 0) is 29.8 Å². The van der Waals surface area contributed by atoms with E-state index in [2.05, 4.69) is 15.3 Å². The van der Waals surface area contributed by atoms with Gasteiger partial charge in [-0.15, -0.1) is 0 Å². The average Bonchev–Trinajstić information content (AvgIpc) is 2.94. The lowest BCUT2D eigenvalue weighted by Crippen LogP contribution is -2.24. The Kier molecular flexibility index (Phi) is 4.97. The quantitative estimate of drug-likeness (QED) is 0.676. The molecule has 0 bridgehead atoms. The standard InChI is InChI=1S/C19H19N3O3S/c23-18(12-26-19-21-14-4-1-2-5-15(14)22-19)20-11-13-6-7-16-17(10-13)25-9-3-8-24-16/h1-2,4-7,10H,3,8-9,11-12H2,(H,20,23)(H,21,22). The van der Waals surface area contributed by atoms with E-state index in [1.54, 1.807) is 0 Å². The zero-order valence-corrected chi connectivity index (χ0v) is 15.0. The number of rotatable bonds is 5. The molecule has 134 valence electrons. The first kappa shape index (κ1) is 16.8. The van der Waals surface area contributed by atoms with Crippen LogP contribution in [0.15, 0.2) is 47.6 Å². The van der Waals surface area contributed by atoms with Crippen molar-refractivity contribution in [2.45, 2.75) is 18.1 Å². The van der Waals surface area contributed by atoms with Gasteiger partial charge in [0.15, 0.2) is 16.7 Å². The molecule has 7 heteroatoms. The van der Waals surface area contributed by atoms with E-state index in [0.29, 0.717) is 25.5 Å². The molecule has 0 fully saturated rings. The zero-order valence-electron chi connectivity index (χ0n) is 14.2. The smallest absolute Gasteiger partial charge is 0.230 e. The Hall–Kier alpha value is -2.67. The van der Waals surface area contributed by atoms with Gasteiger partial charge in [0.25, 0.3) is 0 Å². The normalized spacial score (nSPS) is 13.4. The van der Waals surface area contributed by atoms with Crippen molar-refractivity contribution in [3.05, 3.63) is 48.0 Å². The van der Waals surface area contributed by atoms with Gasteiger partial charge < -0.3 is 19.8 Å². The summed E-state index contributed by atoms with van der Waals surface area (Å²) >= 11 is 1.39. The predicted octanol–water partition coefficient (Wildman–Crippen LogP) is 3.13. The number of aromatic amines is 1. The number of fused-ring (bicyclic) bond motifs is 2.